The van der Waals surface area contributed by atoms with E-state index in [0.29, 0.717) is 5.75 Å². The van der Waals surface area contributed by atoms with Gasteiger partial charge in [0, 0.05) is 5.75 Å². The molecule has 16 heavy (non-hydrogen) atoms. The number of ether oxygens (including phenoxy) is 1. The zero-order chi connectivity index (χ0) is 12.6. The van der Waals surface area contributed by atoms with Crippen LogP contribution in [0.3, 0.4) is 0 Å². The number of carbonyl (C=O) groups excluding carboxylic acids is 1. The summed E-state index contributed by atoms with van der Waals surface area (Å²) in [6, 6.07) is -0.692. The molecule has 1 aliphatic rings. The van der Waals surface area contributed by atoms with Crippen molar-refractivity contribution in [2.75, 3.05) is 5.75 Å². The molecule has 5 nitrogen and oxygen atoms in total. The van der Waals surface area contributed by atoms with E-state index >= 15 is 0 Å². The average molecular weight is 247 g/mol. The smallest absolute Gasteiger partial charge is 0.337 e. The van der Waals surface area contributed by atoms with Gasteiger partial charge < -0.3 is 9.84 Å². The van der Waals surface area contributed by atoms with Crippen LogP contribution >= 0.6 is 11.8 Å². The van der Waals surface area contributed by atoms with Gasteiger partial charge in [-0.2, -0.15) is 0 Å². The van der Waals surface area contributed by atoms with Gasteiger partial charge in [0.1, 0.15) is 11.6 Å². The van der Waals surface area contributed by atoms with E-state index < -0.39 is 28.5 Å². The summed E-state index contributed by atoms with van der Waals surface area (Å²) in [7, 11) is 0. The van der Waals surface area contributed by atoms with Crippen LogP contribution in [0.4, 0.5) is 0 Å². The number of carbonyl (C=O) groups is 2. The molecule has 0 radical (unpaired) electrons. The van der Waals surface area contributed by atoms with Crippen molar-refractivity contribution in [2.24, 2.45) is 0 Å². The molecule has 0 aromatic heterocycles. The molecule has 0 aromatic carbocycles. The topological polar surface area (TPSA) is 75.6 Å². The van der Waals surface area contributed by atoms with Crippen LogP contribution < -0.4 is 5.32 Å². The van der Waals surface area contributed by atoms with E-state index in [0.717, 1.165) is 0 Å². The molecular weight excluding hydrogens is 230 g/mol. The molecular formula is C10H17NO4S. The van der Waals surface area contributed by atoms with Crippen LogP contribution in [0.1, 0.15) is 27.7 Å². The van der Waals surface area contributed by atoms with Crippen molar-refractivity contribution in [2.45, 2.75) is 44.2 Å². The summed E-state index contributed by atoms with van der Waals surface area (Å²) < 4.78 is 5.24. The van der Waals surface area contributed by atoms with Gasteiger partial charge in [0.15, 0.2) is 4.87 Å². The van der Waals surface area contributed by atoms with Crippen LogP contribution in [-0.4, -0.2) is 39.3 Å². The first-order valence-corrected chi connectivity index (χ1v) is 6.00. The minimum Gasteiger partial charge on any atom is -0.480 e. The van der Waals surface area contributed by atoms with Crippen LogP contribution in [0.15, 0.2) is 0 Å². The summed E-state index contributed by atoms with van der Waals surface area (Å²) >= 11 is 1.26. The van der Waals surface area contributed by atoms with Crippen molar-refractivity contribution in [3.05, 3.63) is 0 Å². The largest absolute Gasteiger partial charge is 0.480 e. The lowest BCUT2D eigenvalue weighted by Gasteiger charge is -2.27. The maximum Gasteiger partial charge on any atom is 0.337 e. The first kappa shape index (κ1) is 13.3. The predicted molar refractivity (Wildman–Crippen MR) is 61.3 cm³/mol. The van der Waals surface area contributed by atoms with E-state index in [4.69, 9.17) is 9.84 Å². The van der Waals surface area contributed by atoms with Gasteiger partial charge in [-0.05, 0) is 27.7 Å². The SMILES string of the molecule is CC(C)(C)OC(=O)C1(C)NC(C(=O)O)CS1. The Morgan fingerprint density at radius 2 is 2.06 bits per heavy atom. The molecule has 2 atom stereocenters. The van der Waals surface area contributed by atoms with Gasteiger partial charge in [-0.1, -0.05) is 0 Å². The molecule has 1 saturated heterocycles. The third-order valence-corrected chi connectivity index (χ3v) is 3.44. The maximum absolute atomic E-state index is 11.9. The number of nitrogens with one attached hydrogen (secondary N) is 1. The number of carboxylic acid groups (broad SMARTS) is 1. The number of thioether (sulfide) groups is 1. The molecule has 0 bridgehead atoms. The minimum atomic E-state index is -0.962. The molecule has 0 amide bonds. The molecule has 0 aliphatic carbocycles. The van der Waals surface area contributed by atoms with Gasteiger partial charge in [-0.25, -0.2) is 4.79 Å². The highest BCUT2D eigenvalue weighted by Gasteiger charge is 2.46. The average Bonchev–Trinajstić information content (AvgIpc) is 2.46. The van der Waals surface area contributed by atoms with Crippen molar-refractivity contribution < 1.29 is 19.4 Å². The Kier molecular flexibility index (Phi) is 3.54. The van der Waals surface area contributed by atoms with E-state index in [1.165, 1.54) is 11.8 Å². The molecule has 1 aliphatic heterocycles. The zero-order valence-corrected chi connectivity index (χ0v) is 10.7. The second kappa shape index (κ2) is 4.25. The fraction of sp³-hybridized carbons (Fsp3) is 0.800. The first-order chi connectivity index (χ1) is 7.14. The molecule has 1 fully saturated rings. The van der Waals surface area contributed by atoms with E-state index in [1.54, 1.807) is 27.7 Å². The lowest BCUT2D eigenvalue weighted by molar-refractivity contribution is -0.158. The molecule has 6 heteroatoms. The third kappa shape index (κ3) is 3.12. The predicted octanol–water partition coefficient (Wildman–Crippen LogP) is 0.834. The summed E-state index contributed by atoms with van der Waals surface area (Å²) in [6.07, 6.45) is 0. The van der Waals surface area contributed by atoms with Crippen LogP contribution in [0.25, 0.3) is 0 Å². The van der Waals surface area contributed by atoms with Crippen molar-refractivity contribution >= 4 is 23.7 Å². The van der Waals surface area contributed by atoms with Crippen LogP contribution in [0, 0.1) is 0 Å². The Balaban J connectivity index is 2.67. The zero-order valence-electron chi connectivity index (χ0n) is 9.86. The lowest BCUT2D eigenvalue weighted by Crippen LogP contribution is -2.50. The van der Waals surface area contributed by atoms with Gasteiger partial charge in [-0.15, -0.1) is 11.8 Å². The van der Waals surface area contributed by atoms with E-state index in [-0.39, 0.29) is 0 Å². The Hall–Kier alpha value is -0.750. The summed E-state index contributed by atoms with van der Waals surface area (Å²) in [4.78, 5) is 21.7. The van der Waals surface area contributed by atoms with Crippen molar-refractivity contribution in [1.29, 1.82) is 0 Å². The van der Waals surface area contributed by atoms with Crippen molar-refractivity contribution in [1.82, 2.24) is 5.32 Å². The molecule has 1 rings (SSSR count). The Labute approximate surface area is 98.9 Å². The second-order valence-corrected chi connectivity index (χ2v) is 6.32. The number of esters is 1. The van der Waals surface area contributed by atoms with Gasteiger partial charge in [0.25, 0.3) is 0 Å². The van der Waals surface area contributed by atoms with E-state index in [1.807, 2.05) is 0 Å². The van der Waals surface area contributed by atoms with E-state index in [2.05, 4.69) is 5.32 Å². The van der Waals surface area contributed by atoms with Gasteiger partial charge in [0.2, 0.25) is 0 Å². The van der Waals surface area contributed by atoms with Gasteiger partial charge >= 0.3 is 11.9 Å². The molecule has 0 spiro atoms. The van der Waals surface area contributed by atoms with Crippen LogP contribution in [-0.2, 0) is 14.3 Å². The number of rotatable bonds is 2. The summed E-state index contributed by atoms with van der Waals surface area (Å²) in [5.74, 6) is -1.00. The van der Waals surface area contributed by atoms with Crippen molar-refractivity contribution in [3.8, 4) is 0 Å². The molecule has 0 saturated carbocycles. The number of hydrogen-bond donors (Lipinski definition) is 2. The first-order valence-electron chi connectivity index (χ1n) is 5.02. The lowest BCUT2D eigenvalue weighted by atomic mass is 10.2. The standard InChI is InChI=1S/C10H17NO4S/c1-9(2,3)15-8(14)10(4)11-6(5-16-10)7(12)13/h6,11H,5H2,1-4H3,(H,12,13). The minimum absolute atomic E-state index is 0.366. The maximum atomic E-state index is 11.9. The molecule has 1 heterocycles. The third-order valence-electron chi connectivity index (χ3n) is 2.07. The fourth-order valence-electron chi connectivity index (χ4n) is 1.29. The highest BCUT2D eigenvalue weighted by atomic mass is 32.2. The molecule has 92 valence electrons. The van der Waals surface area contributed by atoms with Gasteiger partial charge in [-0.3, -0.25) is 10.1 Å². The Bertz CT molecular complexity index is 312. The van der Waals surface area contributed by atoms with Crippen LogP contribution in [0.2, 0.25) is 0 Å². The Morgan fingerprint density at radius 1 is 1.50 bits per heavy atom. The Morgan fingerprint density at radius 3 is 2.44 bits per heavy atom. The highest BCUT2D eigenvalue weighted by molar-refractivity contribution is 8.01. The quantitative estimate of drug-likeness (QED) is 0.704. The van der Waals surface area contributed by atoms with Gasteiger partial charge in [0.05, 0.1) is 0 Å². The summed E-state index contributed by atoms with van der Waals surface area (Å²) in [5.41, 5.74) is -0.566. The number of hydrogen-bond acceptors (Lipinski definition) is 5. The fourth-order valence-corrected chi connectivity index (χ4v) is 2.40. The molecule has 0 aromatic rings. The molecule has 2 N–H and O–H groups in total. The monoisotopic (exact) mass is 247 g/mol. The number of aliphatic carboxylic acids is 1. The summed E-state index contributed by atoms with van der Waals surface area (Å²) in [6.45, 7) is 6.99. The number of carboxylic acids is 1. The highest BCUT2D eigenvalue weighted by Crippen LogP contribution is 2.32. The van der Waals surface area contributed by atoms with Crippen LogP contribution in [0.5, 0.6) is 0 Å². The van der Waals surface area contributed by atoms with E-state index in [9.17, 15) is 9.59 Å². The normalized spacial score (nSPS) is 30.1. The van der Waals surface area contributed by atoms with Crippen molar-refractivity contribution in [3.63, 3.8) is 0 Å². The second-order valence-electron chi connectivity index (χ2n) is 4.88. The molecule has 2 unspecified atom stereocenters. The summed E-state index contributed by atoms with van der Waals surface area (Å²) in [5, 5.41) is 11.6.